The van der Waals surface area contributed by atoms with Gasteiger partial charge >= 0.3 is 6.18 Å². The molecule has 0 bridgehead atoms. The highest BCUT2D eigenvalue weighted by Gasteiger charge is 2.30. The van der Waals surface area contributed by atoms with E-state index in [1.54, 1.807) is 13.3 Å². The van der Waals surface area contributed by atoms with Crippen LogP contribution in [-0.4, -0.2) is 33.8 Å². The lowest BCUT2D eigenvalue weighted by molar-refractivity contribution is -0.137. The Balaban J connectivity index is 1.74. The van der Waals surface area contributed by atoms with Gasteiger partial charge in [0.25, 0.3) is 0 Å². The zero-order valence-corrected chi connectivity index (χ0v) is 23.9. The maximum Gasteiger partial charge on any atom is 0.416 e. The number of hydrogen-bond donors (Lipinski definition) is 1. The molecule has 2 aromatic rings. The van der Waals surface area contributed by atoms with Crippen molar-refractivity contribution in [2.45, 2.75) is 57.9 Å². The second kappa shape index (κ2) is 12.3. The van der Waals surface area contributed by atoms with E-state index in [-0.39, 0.29) is 12.1 Å². The number of aryl methyl sites for hydroxylation is 1. The van der Waals surface area contributed by atoms with E-state index in [0.717, 1.165) is 60.2 Å². The number of hydrogen-bond acceptors (Lipinski definition) is 5. The van der Waals surface area contributed by atoms with Crippen LogP contribution in [0.3, 0.4) is 0 Å². The summed E-state index contributed by atoms with van der Waals surface area (Å²) >= 11 is 0. The highest BCUT2D eigenvalue weighted by Crippen LogP contribution is 2.30. The van der Waals surface area contributed by atoms with Gasteiger partial charge in [0, 0.05) is 18.5 Å². The fraction of sp³-hybridized carbons (Fsp3) is 0.303. The Morgan fingerprint density at radius 3 is 2.43 bits per heavy atom. The minimum atomic E-state index is -4.43. The minimum absolute atomic E-state index is 0.111. The first-order valence-corrected chi connectivity index (χ1v) is 14.0. The van der Waals surface area contributed by atoms with Crippen molar-refractivity contribution in [2.24, 2.45) is 4.99 Å². The van der Waals surface area contributed by atoms with Crippen molar-refractivity contribution in [3.63, 3.8) is 0 Å². The Hall–Kier alpha value is -4.24. The van der Waals surface area contributed by atoms with Gasteiger partial charge in [-0.2, -0.15) is 13.2 Å². The zero-order chi connectivity index (χ0) is 29.9. The number of allylic oxidation sites excluding steroid dienone is 2. The Kier molecular flexibility index (Phi) is 8.59. The van der Waals surface area contributed by atoms with Crippen LogP contribution in [0.2, 0.25) is 0 Å². The van der Waals surface area contributed by atoms with E-state index >= 15 is 0 Å². The van der Waals surface area contributed by atoms with E-state index in [2.05, 4.69) is 16.9 Å². The molecule has 0 amide bonds. The first kappa shape index (κ1) is 29.3. The number of fused-ring (bicyclic) bond motifs is 1. The largest absolute Gasteiger partial charge is 0.416 e. The lowest BCUT2D eigenvalue weighted by Crippen LogP contribution is -2.38. The average Bonchev–Trinajstić information content (AvgIpc) is 2.98. The van der Waals surface area contributed by atoms with E-state index in [1.807, 2.05) is 60.9 Å². The van der Waals surface area contributed by atoms with Gasteiger partial charge in [0.15, 0.2) is 0 Å². The van der Waals surface area contributed by atoms with Crippen LogP contribution in [0.15, 0.2) is 71.9 Å². The zero-order valence-electron chi connectivity index (χ0n) is 23.9. The molecule has 9 heteroatoms. The Morgan fingerprint density at radius 1 is 1.07 bits per heavy atom. The van der Waals surface area contributed by atoms with Crippen LogP contribution >= 0.6 is 0 Å². The predicted molar refractivity (Wildman–Crippen MR) is 160 cm³/mol. The molecule has 1 aliphatic heterocycles. The molecule has 0 unspecified atom stereocenters. The molecular formula is C33H34F3N5O. The molecule has 218 valence electrons. The summed E-state index contributed by atoms with van der Waals surface area (Å²) in [6.45, 7) is 8.11. The molecule has 0 saturated heterocycles. The van der Waals surface area contributed by atoms with Crippen molar-refractivity contribution < 1.29 is 17.9 Å². The summed E-state index contributed by atoms with van der Waals surface area (Å²) in [5.41, 5.74) is 3.65. The quantitative estimate of drug-likeness (QED) is 0.304. The Bertz CT molecular complexity index is 1720. The van der Waals surface area contributed by atoms with E-state index in [1.165, 1.54) is 12.1 Å². The number of nitrogens with one attached hydrogen (secondary N) is 1. The molecule has 42 heavy (non-hydrogen) atoms. The summed E-state index contributed by atoms with van der Waals surface area (Å²) in [7, 11) is 1.74. The van der Waals surface area contributed by atoms with Crippen LogP contribution < -0.4 is 21.4 Å². The topological polar surface area (TPSA) is 64.3 Å². The van der Waals surface area contributed by atoms with Crippen LogP contribution in [0.1, 0.15) is 43.9 Å². The van der Waals surface area contributed by atoms with Crippen molar-refractivity contribution in [2.75, 3.05) is 12.4 Å². The number of anilines is 2. The number of rotatable bonds is 6. The van der Waals surface area contributed by atoms with Crippen molar-refractivity contribution in [3.05, 3.63) is 94.2 Å². The summed E-state index contributed by atoms with van der Waals surface area (Å²) in [6, 6.07) is 13.0. The molecule has 0 spiro atoms. The van der Waals surface area contributed by atoms with E-state index in [4.69, 9.17) is 14.7 Å². The number of nitrogens with zero attached hydrogens (tertiary/aromatic N) is 4. The predicted octanol–water partition coefficient (Wildman–Crippen LogP) is 6.07. The average molecular weight is 574 g/mol. The van der Waals surface area contributed by atoms with Gasteiger partial charge < -0.3 is 14.6 Å². The molecular weight excluding hydrogens is 539 g/mol. The maximum absolute atomic E-state index is 13.4. The van der Waals surface area contributed by atoms with E-state index in [9.17, 15) is 13.2 Å². The van der Waals surface area contributed by atoms with Gasteiger partial charge in [-0.05, 0) is 94.1 Å². The van der Waals surface area contributed by atoms with Gasteiger partial charge in [-0.15, -0.1) is 0 Å². The highest BCUT2D eigenvalue weighted by molar-refractivity contribution is 5.70. The molecule has 1 fully saturated rings. The fourth-order valence-corrected chi connectivity index (χ4v) is 5.21. The number of aromatic nitrogens is 3. The van der Waals surface area contributed by atoms with Crippen LogP contribution in [0.25, 0.3) is 29.7 Å². The standard InChI is InChI=1S/C33H34F3N5O/c1-5-6-7-28-22(3)41(26-14-9-23(10-15-26)33(34,35)36)32-19-30(38-24-12-16-27(42-4)17-13-24)29(18-31(32)40-28)39-25-11-8-21(2)37-20-25/h5-11,14-15,18-20,24,27,39H,3,12-13,16-17H2,1-2,4H3/b6-5-,28-7+,38-30?. The molecule has 1 N–H and O–H groups in total. The monoisotopic (exact) mass is 573 g/mol. The summed E-state index contributed by atoms with van der Waals surface area (Å²) in [6.07, 6.45) is 6.83. The van der Waals surface area contributed by atoms with Crippen molar-refractivity contribution >= 4 is 24.0 Å². The normalized spacial score (nSPS) is 18.7. The van der Waals surface area contributed by atoms with Gasteiger partial charge in [-0.3, -0.25) is 9.98 Å². The molecule has 0 atom stereocenters. The maximum atomic E-state index is 13.4. The van der Waals surface area contributed by atoms with Gasteiger partial charge in [-0.1, -0.05) is 18.7 Å². The SMILES string of the molecule is C=c1/c(=C\C=C/C)nc2cc(Nc3ccc(C)nc3)c(=NC3CCC(OC)CC3)cc-2n1-c1ccc(C(F)(F)F)cc1. The van der Waals surface area contributed by atoms with Gasteiger partial charge in [0.1, 0.15) is 0 Å². The molecule has 1 saturated carbocycles. The second-order valence-corrected chi connectivity index (χ2v) is 10.5. The molecule has 0 radical (unpaired) electrons. The number of alkyl halides is 3. The third-order valence-electron chi connectivity index (χ3n) is 7.53. The Morgan fingerprint density at radius 2 is 1.81 bits per heavy atom. The highest BCUT2D eigenvalue weighted by atomic mass is 19.4. The van der Waals surface area contributed by atoms with E-state index < -0.39 is 11.7 Å². The number of benzene rings is 2. The van der Waals surface area contributed by atoms with Crippen LogP contribution in [0, 0.1) is 6.92 Å². The molecule has 1 aromatic heterocycles. The molecule has 1 aromatic carbocycles. The van der Waals surface area contributed by atoms with Crippen molar-refractivity contribution in [3.8, 4) is 17.1 Å². The second-order valence-electron chi connectivity index (χ2n) is 10.5. The first-order chi connectivity index (χ1) is 20.2. The summed E-state index contributed by atoms with van der Waals surface area (Å²) in [5, 5.41) is 5.35. The molecule has 3 aliphatic rings. The summed E-state index contributed by atoms with van der Waals surface area (Å²) < 4.78 is 47.4. The first-order valence-electron chi connectivity index (χ1n) is 14.0. The molecule has 6 nitrogen and oxygen atoms in total. The number of ether oxygens (including phenoxy) is 1. The third kappa shape index (κ3) is 6.46. The third-order valence-corrected chi connectivity index (χ3v) is 7.53. The van der Waals surface area contributed by atoms with Gasteiger partial charge in [0.2, 0.25) is 0 Å². The summed E-state index contributed by atoms with van der Waals surface area (Å²) in [5.74, 6) is 0. The number of methoxy groups -OCH3 is 1. The minimum Gasteiger partial charge on any atom is -0.381 e. The number of pyridine rings is 1. The van der Waals surface area contributed by atoms with Gasteiger partial charge in [0.05, 0.1) is 62.7 Å². The Labute approximate surface area is 243 Å². The molecule has 2 aliphatic carbocycles. The van der Waals surface area contributed by atoms with Crippen molar-refractivity contribution in [1.82, 2.24) is 14.5 Å². The summed E-state index contributed by atoms with van der Waals surface area (Å²) in [4.78, 5) is 14.5. The van der Waals surface area contributed by atoms with Crippen LogP contribution in [-0.2, 0) is 10.9 Å². The van der Waals surface area contributed by atoms with Gasteiger partial charge in [-0.25, -0.2) is 4.98 Å². The lowest BCUT2D eigenvalue weighted by Gasteiger charge is -2.25. The van der Waals surface area contributed by atoms with Crippen LogP contribution in [0.4, 0.5) is 24.5 Å². The fourth-order valence-electron chi connectivity index (χ4n) is 5.21. The lowest BCUT2D eigenvalue weighted by atomic mass is 9.93. The molecule has 5 rings (SSSR count). The van der Waals surface area contributed by atoms with Crippen LogP contribution in [0.5, 0.6) is 0 Å². The smallest absolute Gasteiger partial charge is 0.381 e. The van der Waals surface area contributed by atoms with E-state index in [0.29, 0.717) is 27.8 Å². The van der Waals surface area contributed by atoms with Crippen molar-refractivity contribution in [1.29, 1.82) is 0 Å². The molecule has 2 heterocycles. The number of halogens is 3.